The number of carbonyl (C=O) groups is 1. The number of nitro groups is 1. The molecule has 5 N–H and O–H groups in total. The lowest BCUT2D eigenvalue weighted by molar-refractivity contribution is -0.383. The molecule has 2 aromatic rings. The number of aliphatic hydroxyl groups excluding tert-OH is 3. The van der Waals surface area contributed by atoms with Crippen LogP contribution in [0.5, 0.6) is 0 Å². The van der Waals surface area contributed by atoms with E-state index in [9.17, 15) is 30.2 Å². The number of nitrogens with zero attached hydrogens (tertiary/aromatic N) is 3. The first-order chi connectivity index (χ1) is 23.4. The maximum Gasteiger partial charge on any atom is 0.302 e. The van der Waals surface area contributed by atoms with Crippen LogP contribution in [-0.4, -0.2) is 67.9 Å². The van der Waals surface area contributed by atoms with Crippen molar-refractivity contribution >= 4 is 28.3 Å². The third-order valence-electron chi connectivity index (χ3n) is 9.15. The molecule has 0 saturated heterocycles. The SMILES string of the molecule is CCCCCCCCCCCCCC[C@@H](O)[C@H](O)[C@@H](CO)NC(=O)CCCCCCCCCCCNc1cc([N+](=O)[O-])c2nonc2c1. The van der Waals surface area contributed by atoms with Crippen molar-refractivity contribution in [2.24, 2.45) is 0 Å². The monoisotopic (exact) mass is 677 g/mol. The molecule has 274 valence electrons. The topological polar surface area (TPSA) is 184 Å². The highest BCUT2D eigenvalue weighted by atomic mass is 16.6. The van der Waals surface area contributed by atoms with E-state index in [0.717, 1.165) is 77.0 Å². The van der Waals surface area contributed by atoms with Crippen LogP contribution in [0.2, 0.25) is 0 Å². The number of aromatic nitrogens is 2. The van der Waals surface area contributed by atoms with Gasteiger partial charge in [-0.15, -0.1) is 0 Å². The van der Waals surface area contributed by atoms with Crippen LogP contribution < -0.4 is 10.6 Å². The fraction of sp³-hybridized carbons (Fsp3) is 0.806. The van der Waals surface area contributed by atoms with Crippen molar-refractivity contribution in [3.8, 4) is 0 Å². The summed E-state index contributed by atoms with van der Waals surface area (Å²) in [4.78, 5) is 23.2. The smallest absolute Gasteiger partial charge is 0.302 e. The standard InChI is InChI=1S/C36H63N5O7/c1-2-3-4-5-6-7-8-9-11-14-17-20-23-33(43)36(45)31(28-42)38-34(44)24-21-18-15-12-10-13-16-19-22-25-37-29-26-30-35(40-48-39-30)32(27-29)41(46)47/h26-27,31,33,36-37,42-43,45H,2-25,28H2,1H3,(H,38,44)/t31-,33-,36-/m1/s1. The Labute approximate surface area is 286 Å². The number of fused-ring (bicyclic) bond motifs is 1. The Hall–Kier alpha value is -2.83. The van der Waals surface area contributed by atoms with Crippen LogP contribution in [-0.2, 0) is 4.79 Å². The third-order valence-corrected chi connectivity index (χ3v) is 9.15. The number of amides is 1. The predicted octanol–water partition coefficient (Wildman–Crippen LogP) is 7.73. The van der Waals surface area contributed by atoms with Gasteiger partial charge in [0.15, 0.2) is 0 Å². The Kier molecular flexibility index (Phi) is 22.5. The lowest BCUT2D eigenvalue weighted by atomic mass is 9.99. The molecule has 12 heteroatoms. The van der Waals surface area contributed by atoms with Gasteiger partial charge in [-0.2, -0.15) is 0 Å². The van der Waals surface area contributed by atoms with Crippen molar-refractivity contribution in [3.05, 3.63) is 22.2 Å². The Morgan fingerprint density at radius 1 is 0.812 bits per heavy atom. The highest BCUT2D eigenvalue weighted by molar-refractivity contribution is 5.87. The molecule has 0 bridgehead atoms. The van der Waals surface area contributed by atoms with Crippen molar-refractivity contribution in [2.45, 2.75) is 173 Å². The van der Waals surface area contributed by atoms with Gasteiger partial charge in [0.25, 0.3) is 0 Å². The zero-order chi connectivity index (χ0) is 34.8. The number of benzene rings is 1. The third kappa shape index (κ3) is 17.5. The summed E-state index contributed by atoms with van der Waals surface area (Å²) in [5, 5.41) is 55.2. The predicted molar refractivity (Wildman–Crippen MR) is 190 cm³/mol. The lowest BCUT2D eigenvalue weighted by Crippen LogP contribution is -2.50. The van der Waals surface area contributed by atoms with Crippen molar-refractivity contribution in [1.29, 1.82) is 0 Å². The lowest BCUT2D eigenvalue weighted by Gasteiger charge is -2.26. The van der Waals surface area contributed by atoms with Crippen LogP contribution in [0.3, 0.4) is 0 Å². The Balaban J connectivity index is 1.42. The number of nitro benzene ring substituents is 1. The maximum absolute atomic E-state index is 12.4. The number of unbranched alkanes of at least 4 members (excludes halogenated alkanes) is 19. The summed E-state index contributed by atoms with van der Waals surface area (Å²) in [6, 6.07) is 2.30. The molecule has 1 amide bonds. The van der Waals surface area contributed by atoms with E-state index in [1.165, 1.54) is 63.9 Å². The van der Waals surface area contributed by atoms with E-state index >= 15 is 0 Å². The minimum atomic E-state index is -1.18. The Morgan fingerprint density at radius 3 is 1.92 bits per heavy atom. The second-order valence-electron chi connectivity index (χ2n) is 13.3. The van der Waals surface area contributed by atoms with Gasteiger partial charge in [-0.05, 0) is 35.6 Å². The number of aliphatic hydroxyl groups is 3. The number of carbonyl (C=O) groups excluding carboxylic acids is 1. The van der Waals surface area contributed by atoms with Crippen LogP contribution in [0.4, 0.5) is 11.4 Å². The van der Waals surface area contributed by atoms with Gasteiger partial charge in [-0.1, -0.05) is 129 Å². The van der Waals surface area contributed by atoms with Gasteiger partial charge < -0.3 is 26.0 Å². The summed E-state index contributed by atoms with van der Waals surface area (Å²) in [6.07, 6.45) is 22.7. The largest absolute Gasteiger partial charge is 0.394 e. The van der Waals surface area contributed by atoms with E-state index in [1.54, 1.807) is 6.07 Å². The van der Waals surface area contributed by atoms with Crippen LogP contribution in [0.15, 0.2) is 16.8 Å². The molecular weight excluding hydrogens is 614 g/mol. The molecule has 0 saturated carbocycles. The molecule has 0 radical (unpaired) electrons. The zero-order valence-corrected chi connectivity index (χ0v) is 29.4. The van der Waals surface area contributed by atoms with E-state index in [0.29, 0.717) is 30.6 Å². The molecule has 0 aliphatic rings. The summed E-state index contributed by atoms with van der Waals surface area (Å²) in [5.41, 5.74) is 1.01. The van der Waals surface area contributed by atoms with E-state index < -0.39 is 29.8 Å². The van der Waals surface area contributed by atoms with Crippen LogP contribution in [0.25, 0.3) is 11.0 Å². The van der Waals surface area contributed by atoms with Crippen molar-refractivity contribution in [2.75, 3.05) is 18.5 Å². The van der Waals surface area contributed by atoms with Crippen molar-refractivity contribution < 1.29 is 29.7 Å². The molecule has 1 aromatic carbocycles. The molecular formula is C36H63N5O7. The minimum absolute atomic E-state index is 0.125. The molecule has 0 fully saturated rings. The summed E-state index contributed by atoms with van der Waals surface area (Å²) >= 11 is 0. The molecule has 48 heavy (non-hydrogen) atoms. The summed E-state index contributed by atoms with van der Waals surface area (Å²) in [7, 11) is 0. The first-order valence-corrected chi connectivity index (χ1v) is 18.8. The van der Waals surface area contributed by atoms with Gasteiger partial charge in [0, 0.05) is 24.7 Å². The molecule has 12 nitrogen and oxygen atoms in total. The van der Waals surface area contributed by atoms with Gasteiger partial charge in [0.05, 0.1) is 23.7 Å². The fourth-order valence-electron chi connectivity index (χ4n) is 6.15. The van der Waals surface area contributed by atoms with E-state index in [2.05, 4.69) is 32.5 Å². The quantitative estimate of drug-likeness (QED) is 0.0300. The number of nitrogens with one attached hydrogen (secondary N) is 2. The average Bonchev–Trinajstić information content (AvgIpc) is 3.56. The van der Waals surface area contributed by atoms with Gasteiger partial charge >= 0.3 is 5.69 Å². The molecule has 0 aliphatic heterocycles. The minimum Gasteiger partial charge on any atom is -0.394 e. The molecule has 1 aromatic heterocycles. The molecule has 0 unspecified atom stereocenters. The second-order valence-corrected chi connectivity index (χ2v) is 13.3. The van der Waals surface area contributed by atoms with Crippen LogP contribution in [0, 0.1) is 10.1 Å². The highest BCUT2D eigenvalue weighted by Crippen LogP contribution is 2.27. The average molecular weight is 678 g/mol. The van der Waals surface area contributed by atoms with Crippen LogP contribution in [0.1, 0.15) is 155 Å². The first-order valence-electron chi connectivity index (χ1n) is 18.8. The number of rotatable bonds is 31. The van der Waals surface area contributed by atoms with Gasteiger partial charge in [0.2, 0.25) is 11.4 Å². The number of hydrogen-bond donors (Lipinski definition) is 5. The zero-order valence-electron chi connectivity index (χ0n) is 29.4. The highest BCUT2D eigenvalue weighted by Gasteiger charge is 2.26. The second kappa shape index (κ2) is 26.1. The number of non-ortho nitro benzene ring substituents is 1. The summed E-state index contributed by atoms with van der Waals surface area (Å²) in [6.45, 7) is 2.55. The first kappa shape index (κ1) is 41.3. The molecule has 3 atom stereocenters. The molecule has 1 heterocycles. The number of hydrogen-bond acceptors (Lipinski definition) is 10. The Bertz CT molecular complexity index is 1130. The molecule has 2 rings (SSSR count). The normalized spacial score (nSPS) is 13.4. The molecule has 0 aliphatic carbocycles. The van der Waals surface area contributed by atoms with E-state index in [1.807, 2.05) is 0 Å². The summed E-state index contributed by atoms with van der Waals surface area (Å²) in [5.74, 6) is -0.202. The van der Waals surface area contributed by atoms with E-state index in [-0.39, 0.29) is 17.1 Å². The molecule has 0 spiro atoms. The summed E-state index contributed by atoms with van der Waals surface area (Å²) < 4.78 is 4.62. The van der Waals surface area contributed by atoms with Gasteiger partial charge in [-0.3, -0.25) is 14.9 Å². The van der Waals surface area contributed by atoms with Crippen LogP contribution >= 0.6 is 0 Å². The Morgan fingerprint density at radius 2 is 1.35 bits per heavy atom. The maximum atomic E-state index is 12.4. The van der Waals surface area contributed by atoms with Crippen molar-refractivity contribution in [3.63, 3.8) is 0 Å². The fourth-order valence-corrected chi connectivity index (χ4v) is 6.15. The van der Waals surface area contributed by atoms with Gasteiger partial charge in [0.1, 0.15) is 11.6 Å². The van der Waals surface area contributed by atoms with E-state index in [4.69, 9.17) is 0 Å². The number of anilines is 1. The van der Waals surface area contributed by atoms with Crippen molar-refractivity contribution in [1.82, 2.24) is 15.6 Å². The van der Waals surface area contributed by atoms with Gasteiger partial charge in [-0.25, -0.2) is 4.63 Å².